The fourth-order valence-corrected chi connectivity index (χ4v) is 4.82. The number of pyridine rings is 1. The van der Waals surface area contributed by atoms with Gasteiger partial charge in [-0.1, -0.05) is 36.2 Å². The lowest BCUT2D eigenvalue weighted by Crippen LogP contribution is -2.47. The number of carbonyl (C=O) groups excluding carboxylic acids is 1. The molecule has 0 radical (unpaired) electrons. The van der Waals surface area contributed by atoms with Gasteiger partial charge in [-0.25, -0.2) is 0 Å². The predicted octanol–water partition coefficient (Wildman–Crippen LogP) is 4.13. The van der Waals surface area contributed by atoms with E-state index in [9.17, 15) is 4.79 Å². The molecule has 0 saturated carbocycles. The van der Waals surface area contributed by atoms with Crippen LogP contribution in [0.2, 0.25) is 0 Å². The van der Waals surface area contributed by atoms with Crippen molar-refractivity contribution >= 4 is 5.91 Å². The maximum absolute atomic E-state index is 12.4. The molecule has 4 rings (SSSR count). The summed E-state index contributed by atoms with van der Waals surface area (Å²) in [6.45, 7) is 8.85. The number of benzene rings is 1. The van der Waals surface area contributed by atoms with Gasteiger partial charge in [-0.05, 0) is 83.9 Å². The molecule has 2 fully saturated rings. The van der Waals surface area contributed by atoms with Crippen LogP contribution in [0.5, 0.6) is 0 Å². The molecule has 5 heteroatoms. The summed E-state index contributed by atoms with van der Waals surface area (Å²) in [5.41, 5.74) is 3.82. The first kappa shape index (κ1) is 22.0. The van der Waals surface area contributed by atoms with Crippen molar-refractivity contribution in [2.24, 2.45) is 0 Å². The quantitative estimate of drug-likeness (QED) is 0.685. The molecular weight excluding hydrogens is 384 g/mol. The Kier molecular flexibility index (Phi) is 7.71. The zero-order valence-electron chi connectivity index (χ0n) is 18.9. The molecule has 1 N–H and O–H groups in total. The molecule has 31 heavy (non-hydrogen) atoms. The van der Waals surface area contributed by atoms with Gasteiger partial charge in [-0.3, -0.25) is 9.78 Å². The first-order valence-corrected chi connectivity index (χ1v) is 12.0. The Hall–Kier alpha value is -2.24. The van der Waals surface area contributed by atoms with Crippen LogP contribution in [0.3, 0.4) is 0 Å². The summed E-state index contributed by atoms with van der Waals surface area (Å²) < 4.78 is 0. The Morgan fingerprint density at radius 2 is 1.74 bits per heavy atom. The monoisotopic (exact) mass is 420 g/mol. The lowest BCUT2D eigenvalue weighted by atomic mass is 10.00. The smallest absolute Gasteiger partial charge is 0.252 e. The summed E-state index contributed by atoms with van der Waals surface area (Å²) in [6.07, 6.45) is 9.43. The van der Waals surface area contributed by atoms with Gasteiger partial charge in [0.2, 0.25) is 0 Å². The standard InChI is InChI=1S/C26H36N4O/c1-21-6-8-22(9-7-21)25-11-10-23(20-28-25)26(31)27-14-5-15-29-18-12-24(13-19-29)30-16-3-2-4-17-30/h6-11,20,24H,2-5,12-19H2,1H3,(H,27,31). The number of rotatable bonds is 7. The Morgan fingerprint density at radius 1 is 1.00 bits per heavy atom. The second kappa shape index (κ2) is 10.9. The highest BCUT2D eigenvalue weighted by atomic mass is 16.1. The van der Waals surface area contributed by atoms with Crippen molar-refractivity contribution in [1.29, 1.82) is 0 Å². The van der Waals surface area contributed by atoms with E-state index in [2.05, 4.69) is 51.3 Å². The van der Waals surface area contributed by atoms with Crippen LogP contribution >= 0.6 is 0 Å². The highest BCUT2D eigenvalue weighted by Gasteiger charge is 2.25. The lowest BCUT2D eigenvalue weighted by Gasteiger charge is -2.40. The first-order chi connectivity index (χ1) is 15.2. The lowest BCUT2D eigenvalue weighted by molar-refractivity contribution is 0.0902. The molecule has 0 bridgehead atoms. The van der Waals surface area contributed by atoms with E-state index in [1.54, 1.807) is 6.20 Å². The highest BCUT2D eigenvalue weighted by Crippen LogP contribution is 2.21. The van der Waals surface area contributed by atoms with Crippen LogP contribution < -0.4 is 5.32 Å². The zero-order valence-corrected chi connectivity index (χ0v) is 18.9. The van der Waals surface area contributed by atoms with Crippen molar-refractivity contribution in [3.05, 3.63) is 53.7 Å². The molecule has 2 saturated heterocycles. The highest BCUT2D eigenvalue weighted by molar-refractivity contribution is 5.94. The van der Waals surface area contributed by atoms with Gasteiger partial charge in [-0.15, -0.1) is 0 Å². The van der Waals surface area contributed by atoms with Gasteiger partial charge in [0.15, 0.2) is 0 Å². The van der Waals surface area contributed by atoms with Crippen LogP contribution in [-0.2, 0) is 0 Å². The number of amides is 1. The van der Waals surface area contributed by atoms with Crippen LogP contribution in [0.4, 0.5) is 0 Å². The van der Waals surface area contributed by atoms with Gasteiger partial charge < -0.3 is 15.1 Å². The fourth-order valence-electron chi connectivity index (χ4n) is 4.82. The van der Waals surface area contributed by atoms with E-state index in [1.165, 1.54) is 63.8 Å². The number of hydrogen-bond donors (Lipinski definition) is 1. The van der Waals surface area contributed by atoms with E-state index in [4.69, 9.17) is 0 Å². The molecule has 2 aliphatic heterocycles. The van der Waals surface area contributed by atoms with E-state index < -0.39 is 0 Å². The molecule has 2 aromatic rings. The molecule has 0 unspecified atom stereocenters. The van der Waals surface area contributed by atoms with E-state index in [-0.39, 0.29) is 5.91 Å². The van der Waals surface area contributed by atoms with Crippen LogP contribution in [-0.4, -0.2) is 66.0 Å². The second-order valence-corrected chi connectivity index (χ2v) is 9.08. The largest absolute Gasteiger partial charge is 0.352 e. The van der Waals surface area contributed by atoms with Crippen molar-refractivity contribution in [3.63, 3.8) is 0 Å². The van der Waals surface area contributed by atoms with Gasteiger partial charge >= 0.3 is 0 Å². The van der Waals surface area contributed by atoms with Crippen LogP contribution in [0.25, 0.3) is 11.3 Å². The van der Waals surface area contributed by atoms with Gasteiger partial charge in [0, 0.05) is 24.3 Å². The van der Waals surface area contributed by atoms with Gasteiger partial charge in [0.25, 0.3) is 5.91 Å². The van der Waals surface area contributed by atoms with E-state index in [1.807, 2.05) is 12.1 Å². The van der Waals surface area contributed by atoms with Gasteiger partial charge in [0.05, 0.1) is 11.3 Å². The number of piperidine rings is 2. The maximum Gasteiger partial charge on any atom is 0.252 e. The molecule has 1 amide bonds. The van der Waals surface area contributed by atoms with Gasteiger partial charge in [0.1, 0.15) is 0 Å². The molecule has 166 valence electrons. The van der Waals surface area contributed by atoms with Crippen LogP contribution in [0.1, 0.15) is 54.4 Å². The van der Waals surface area contributed by atoms with Crippen molar-refractivity contribution in [2.45, 2.75) is 51.5 Å². The average molecular weight is 421 g/mol. The van der Waals surface area contributed by atoms with Gasteiger partial charge in [-0.2, -0.15) is 0 Å². The molecule has 1 aromatic carbocycles. The van der Waals surface area contributed by atoms with E-state index in [0.29, 0.717) is 12.1 Å². The molecule has 2 aliphatic rings. The van der Waals surface area contributed by atoms with Crippen molar-refractivity contribution in [3.8, 4) is 11.3 Å². The molecular formula is C26H36N4O. The minimum absolute atomic E-state index is 0.0354. The summed E-state index contributed by atoms with van der Waals surface area (Å²) in [6, 6.07) is 12.9. The number of aryl methyl sites for hydroxylation is 1. The number of nitrogens with one attached hydrogen (secondary N) is 1. The summed E-state index contributed by atoms with van der Waals surface area (Å²) in [5.74, 6) is -0.0354. The molecule has 0 aliphatic carbocycles. The second-order valence-electron chi connectivity index (χ2n) is 9.08. The molecule has 3 heterocycles. The van der Waals surface area contributed by atoms with E-state index in [0.717, 1.165) is 30.3 Å². The average Bonchev–Trinajstić information content (AvgIpc) is 2.83. The van der Waals surface area contributed by atoms with Crippen LogP contribution in [0.15, 0.2) is 42.6 Å². The fraction of sp³-hybridized carbons (Fsp3) is 0.538. The number of hydrogen-bond acceptors (Lipinski definition) is 4. The molecule has 1 aromatic heterocycles. The Bertz CT molecular complexity index is 819. The third-order valence-electron chi connectivity index (χ3n) is 6.77. The summed E-state index contributed by atoms with van der Waals surface area (Å²) >= 11 is 0. The molecule has 0 atom stereocenters. The minimum Gasteiger partial charge on any atom is -0.352 e. The maximum atomic E-state index is 12.4. The third-order valence-corrected chi connectivity index (χ3v) is 6.77. The number of aromatic nitrogens is 1. The predicted molar refractivity (Wildman–Crippen MR) is 126 cm³/mol. The summed E-state index contributed by atoms with van der Waals surface area (Å²) in [4.78, 5) is 22.2. The third kappa shape index (κ3) is 6.14. The SMILES string of the molecule is Cc1ccc(-c2ccc(C(=O)NCCCN3CCC(N4CCCCC4)CC3)cn2)cc1. The molecule has 5 nitrogen and oxygen atoms in total. The normalized spacial score (nSPS) is 18.7. The van der Waals surface area contributed by atoms with Crippen molar-refractivity contribution in [1.82, 2.24) is 20.1 Å². The number of likely N-dealkylation sites (tertiary alicyclic amines) is 2. The van der Waals surface area contributed by atoms with Crippen molar-refractivity contribution < 1.29 is 4.79 Å². The number of nitrogens with zero attached hydrogens (tertiary/aromatic N) is 3. The number of carbonyl (C=O) groups is 1. The Labute approximate surface area is 186 Å². The van der Waals surface area contributed by atoms with E-state index >= 15 is 0 Å². The van der Waals surface area contributed by atoms with Crippen molar-refractivity contribution in [2.75, 3.05) is 39.3 Å². The van der Waals surface area contributed by atoms with Crippen LogP contribution in [0, 0.1) is 6.92 Å². The Morgan fingerprint density at radius 3 is 2.42 bits per heavy atom. The minimum atomic E-state index is -0.0354. The first-order valence-electron chi connectivity index (χ1n) is 12.0. The Balaban J connectivity index is 1.15. The molecule has 0 spiro atoms. The summed E-state index contributed by atoms with van der Waals surface area (Å²) in [5, 5.41) is 3.05. The zero-order chi connectivity index (χ0) is 21.5. The topological polar surface area (TPSA) is 48.5 Å². The summed E-state index contributed by atoms with van der Waals surface area (Å²) in [7, 11) is 0.